The van der Waals surface area contributed by atoms with Crippen molar-refractivity contribution in [2.45, 2.75) is 0 Å². The van der Waals surface area contributed by atoms with Gasteiger partial charge in [-0.25, -0.2) is 0 Å². The van der Waals surface area contributed by atoms with E-state index in [0.717, 1.165) is 0 Å². The monoisotopic (exact) mass is 1870 g/mol. The van der Waals surface area contributed by atoms with Gasteiger partial charge in [-0.15, -0.1) is 0 Å². The van der Waals surface area contributed by atoms with Crippen molar-refractivity contribution in [1.82, 2.24) is 0 Å². The van der Waals surface area contributed by atoms with E-state index in [2.05, 4.69) is 0 Å². The average Bonchev–Trinajstić information content (AvgIpc) is 3.25. The summed E-state index contributed by atoms with van der Waals surface area (Å²) in [7, 11) is 102. The zero-order chi connectivity index (χ0) is 42.3. The summed E-state index contributed by atoms with van der Waals surface area (Å²) in [5.41, 5.74) is 0. The van der Waals surface area contributed by atoms with Crippen molar-refractivity contribution in [3.8, 4) is 0 Å². The molecule has 0 rings (SSSR count). The third-order valence-corrected chi connectivity index (χ3v) is 125. The van der Waals surface area contributed by atoms with Gasteiger partial charge in [-0.1, -0.05) is 0 Å². The Hall–Kier alpha value is 12.8. The topological polar surface area (TPSA) is 0 Å². The number of rotatable bonds is 0. The fourth-order valence-corrected chi connectivity index (χ4v) is 150. The predicted octanol–water partition coefficient (Wildman–Crippen LogP) is -0.520. The van der Waals surface area contributed by atoms with Crippen molar-refractivity contribution in [1.29, 1.82) is 0 Å². The van der Waals surface area contributed by atoms with Crippen molar-refractivity contribution >= 4 is 525 Å². The maximum absolute atomic E-state index is 5.36. The van der Waals surface area contributed by atoms with Crippen LogP contribution in [0.25, 0.3) is 0 Å². The van der Waals surface area contributed by atoms with Crippen molar-refractivity contribution in [2.75, 3.05) is 0 Å². The molecule has 0 aliphatic heterocycles. The molecule has 0 saturated heterocycles. The molecular weight excluding hydrogens is 1870 g/mol. The van der Waals surface area contributed by atoms with Gasteiger partial charge in [-0.2, -0.15) is 0 Å². The van der Waals surface area contributed by atoms with E-state index in [1.165, 1.54) is 18.6 Å². The summed E-state index contributed by atoms with van der Waals surface area (Å²) in [6.07, 6.45) is 0. The molecule has 0 aromatic heterocycles. The molecule has 0 aliphatic carbocycles. The standard InChI is InChI=1S/BS58/c1-3-5-7-9-11-13-15-17-19-21-23-25-27-29-31-33-35-37-39-41-43-45-47-49-51-53-55-57-59-58-56-54-52-50-48-46-44-42-40-38-36-34-32-30-28-26-24-22-20-18-16-14-12-10-8-6-4-2. The van der Waals surface area contributed by atoms with Gasteiger partial charge in [-0.3, -0.25) is 0 Å². The second-order valence-electron chi connectivity index (χ2n) is 3.91. The molecule has 0 spiro atoms. The van der Waals surface area contributed by atoms with Crippen LogP contribution in [0, 0.1) is 0 Å². The van der Waals surface area contributed by atoms with Gasteiger partial charge in [0.15, 0.2) is 0 Å². The molecular formula is BS58. The molecule has 59 heavy (non-hydrogen) atoms. The van der Waals surface area contributed by atoms with Crippen LogP contribution in [0.4, 0.5) is 0 Å². The van der Waals surface area contributed by atoms with Gasteiger partial charge in [0, 0.05) is 411 Å². The van der Waals surface area contributed by atoms with Gasteiger partial charge in [-0.05, 0) is 0 Å². The van der Waals surface area contributed by atoms with Crippen LogP contribution in [0.3, 0.4) is 0 Å². The molecule has 351 valence electrons. The van der Waals surface area contributed by atoms with Crippen LogP contribution in [-0.4, -0.2) is 6.72 Å². The van der Waals surface area contributed by atoms with Gasteiger partial charge >= 0.3 is 114 Å². The molecule has 0 heterocycles. The Kier molecular flexibility index (Phi) is 86.2. The summed E-state index contributed by atoms with van der Waals surface area (Å²) >= 11 is 4.82. The molecule has 0 fully saturated rings. The summed E-state index contributed by atoms with van der Waals surface area (Å²) in [5.74, 6) is 0. The van der Waals surface area contributed by atoms with Crippen LogP contribution in [0.2, 0.25) is 0 Å². The Morgan fingerprint density at radius 2 is 0.220 bits per heavy atom. The summed E-state index contributed by atoms with van der Waals surface area (Å²) < 4.78 is 0. The van der Waals surface area contributed by atoms with Crippen LogP contribution in [0.5, 0.6) is 0 Å². The van der Waals surface area contributed by atoms with Crippen molar-refractivity contribution in [3.63, 3.8) is 0 Å². The Morgan fingerprint density at radius 1 is 0.136 bits per heavy atom. The zero-order valence-electron chi connectivity index (χ0n) is 24.3. The summed E-state index contributed by atoms with van der Waals surface area (Å²) in [6, 6.07) is 0. The van der Waals surface area contributed by atoms with Crippen LogP contribution in [0.1, 0.15) is 0 Å². The van der Waals surface area contributed by atoms with E-state index in [0.29, 0.717) is 0 Å². The molecule has 0 aliphatic rings. The van der Waals surface area contributed by atoms with Crippen molar-refractivity contribution in [3.05, 3.63) is 0 Å². The minimum Gasteiger partial charge on any atom is 0 e. The molecule has 0 nitrogen and oxygen atoms in total. The fraction of sp³-hybridized carbons (Fsp3) is 0. The van der Waals surface area contributed by atoms with Crippen LogP contribution in [0.15, 0.2) is 0 Å². The van der Waals surface area contributed by atoms with E-state index < -0.39 is 0 Å². The predicted molar refractivity (Wildman–Crippen MR) is 433 cm³/mol. The molecule has 59 heteroatoms. The van der Waals surface area contributed by atoms with Crippen LogP contribution < -0.4 is 0 Å². The Balaban J connectivity index is 6.11. The van der Waals surface area contributed by atoms with E-state index in [1.807, 2.05) is 373 Å². The Morgan fingerprint density at radius 3 is 0.305 bits per heavy atom. The van der Waals surface area contributed by atoms with Gasteiger partial charge in [0.1, 0.15) is 0 Å². The normalized spacial score (nSPS) is 7.78. The third kappa shape index (κ3) is 70.8. The van der Waals surface area contributed by atoms with Crippen molar-refractivity contribution in [2.24, 2.45) is 0 Å². The SMILES string of the molecule is [B]=S=S=S=S=S=S=S=S=S=S=S=S=S=S=S=S=S=S=S=S=S=S=S=S=S=S=S=S=S=S=S=S=S=S=S=S=S=S=S=S=S=S=S=S=S=S=S=S=S=S=S=S=S=S=S=S=S=S. The van der Waals surface area contributed by atoms with Crippen LogP contribution >= 0.6 is 0 Å². The molecule has 0 aromatic carbocycles. The first-order chi connectivity index (χ1) is 29.4. The molecule has 0 unspecified atom stereocenters. The smallest absolute Gasteiger partial charge is 0 e. The molecule has 0 N–H and O–H groups in total. The van der Waals surface area contributed by atoms with E-state index >= 15 is 0 Å². The molecule has 0 bridgehead atoms. The fourth-order valence-electron chi connectivity index (χ4n) is 0.628. The first-order valence-corrected chi connectivity index (χ1v) is 86.2. The quantitative estimate of drug-likeness (QED) is 0.295. The number of hydrogen-bond acceptors (Lipinski definition) is 1. The third-order valence-electron chi connectivity index (χ3n) is 1.57. The summed E-state index contributed by atoms with van der Waals surface area (Å²) in [5, 5.41) is 0. The summed E-state index contributed by atoms with van der Waals surface area (Å²) in [4.78, 5) is 0. The number of hydrogen-bond donors (Lipinski definition) is 0. The average molecular weight is 1870 g/mol. The second-order valence-corrected chi connectivity index (χ2v) is 104. The van der Waals surface area contributed by atoms with Gasteiger partial charge in [0.25, 0.3) is 0 Å². The van der Waals surface area contributed by atoms with Gasteiger partial charge in [0.05, 0.1) is 0 Å². The maximum atomic E-state index is 5.36. The van der Waals surface area contributed by atoms with E-state index in [1.54, 1.807) is 115 Å². The zero-order valence-corrected chi connectivity index (χ0v) is 71.6. The molecule has 0 saturated carbocycles. The molecule has 0 amide bonds. The van der Waals surface area contributed by atoms with E-state index in [9.17, 15) is 0 Å². The van der Waals surface area contributed by atoms with Crippen LogP contribution in [-0.2, 0) is 518 Å². The second kappa shape index (κ2) is 70.8. The molecule has 1 radical (unpaired) electrons. The Labute approximate surface area is 509 Å². The molecule has 0 aromatic rings. The first-order valence-electron chi connectivity index (χ1n) is 9.74. The first kappa shape index (κ1) is 71.8. The Bertz CT molecular complexity index is 3940. The van der Waals surface area contributed by atoms with E-state index in [-0.39, 0.29) is 0 Å². The van der Waals surface area contributed by atoms with Gasteiger partial charge in [0.2, 0.25) is 0 Å². The molecule has 0 atom stereocenters. The minimum absolute atomic E-state index is 1.29. The van der Waals surface area contributed by atoms with Crippen molar-refractivity contribution < 1.29 is 0 Å². The minimum atomic E-state index is 1.29. The van der Waals surface area contributed by atoms with Gasteiger partial charge < -0.3 is 0 Å². The van der Waals surface area contributed by atoms with E-state index in [4.69, 9.17) is 17.9 Å². The summed E-state index contributed by atoms with van der Waals surface area (Å²) in [6.45, 7) is 5.36.